The van der Waals surface area contributed by atoms with Crippen LogP contribution in [0.15, 0.2) is 42.6 Å². The van der Waals surface area contributed by atoms with Gasteiger partial charge in [-0.15, -0.1) is 0 Å². The van der Waals surface area contributed by atoms with Gasteiger partial charge in [0.25, 0.3) is 0 Å². The summed E-state index contributed by atoms with van der Waals surface area (Å²) in [5.74, 6) is 0. The van der Waals surface area contributed by atoms with E-state index in [1.54, 1.807) is 0 Å². The summed E-state index contributed by atoms with van der Waals surface area (Å²) < 4.78 is 0. The summed E-state index contributed by atoms with van der Waals surface area (Å²) in [5.41, 5.74) is 4.70. The first-order chi connectivity index (χ1) is 8.72. The van der Waals surface area contributed by atoms with Crippen LogP contribution in [0, 0.1) is 6.92 Å². The maximum atomic E-state index is 4.34. The van der Waals surface area contributed by atoms with Gasteiger partial charge in [-0.1, -0.05) is 18.2 Å². The van der Waals surface area contributed by atoms with Crippen molar-refractivity contribution in [2.75, 3.05) is 19.0 Å². The summed E-state index contributed by atoms with van der Waals surface area (Å²) in [6, 6.07) is 12.5. The van der Waals surface area contributed by atoms with E-state index >= 15 is 0 Å². The highest BCUT2D eigenvalue weighted by atomic mass is 15.1. The van der Waals surface area contributed by atoms with Crippen molar-refractivity contribution >= 4 is 11.4 Å². The lowest BCUT2D eigenvalue weighted by molar-refractivity contribution is 0.791. The predicted octanol–water partition coefficient (Wildman–Crippen LogP) is 2.88. The van der Waals surface area contributed by atoms with Gasteiger partial charge in [0.15, 0.2) is 0 Å². The molecular weight excluding hydrogens is 222 g/mol. The van der Waals surface area contributed by atoms with Crippen molar-refractivity contribution < 1.29 is 0 Å². The molecule has 0 aliphatic heterocycles. The van der Waals surface area contributed by atoms with Crippen molar-refractivity contribution in [2.45, 2.75) is 13.5 Å². The number of aryl methyl sites for hydroxylation is 1. The molecule has 0 aliphatic carbocycles. The Morgan fingerprint density at radius 3 is 2.72 bits per heavy atom. The molecule has 1 N–H and O–H groups in total. The minimum absolute atomic E-state index is 0.787. The van der Waals surface area contributed by atoms with Crippen LogP contribution in [0.25, 0.3) is 0 Å². The molecule has 94 valence electrons. The van der Waals surface area contributed by atoms with E-state index in [1.165, 1.54) is 11.3 Å². The summed E-state index contributed by atoms with van der Waals surface area (Å²) in [6.07, 6.45) is 1.86. The highest BCUT2D eigenvalue weighted by Crippen LogP contribution is 2.26. The Morgan fingerprint density at radius 1 is 1.22 bits per heavy atom. The van der Waals surface area contributed by atoms with Crippen LogP contribution in [0.3, 0.4) is 0 Å². The zero-order chi connectivity index (χ0) is 13.0. The third kappa shape index (κ3) is 2.68. The molecule has 18 heavy (non-hydrogen) atoms. The minimum Gasteiger partial charge on any atom is -0.344 e. The number of nitrogens with one attached hydrogen (secondary N) is 1. The monoisotopic (exact) mass is 241 g/mol. The molecule has 1 aromatic heterocycles. The zero-order valence-electron chi connectivity index (χ0n) is 11.1. The molecule has 3 nitrogen and oxygen atoms in total. The van der Waals surface area contributed by atoms with Crippen molar-refractivity contribution in [3.63, 3.8) is 0 Å². The Labute approximate surface area is 108 Å². The second kappa shape index (κ2) is 5.65. The van der Waals surface area contributed by atoms with Gasteiger partial charge < -0.3 is 10.2 Å². The molecule has 0 saturated heterocycles. The van der Waals surface area contributed by atoms with Crippen LogP contribution < -0.4 is 10.2 Å². The van der Waals surface area contributed by atoms with E-state index in [2.05, 4.69) is 59.5 Å². The minimum atomic E-state index is 0.787. The average molecular weight is 241 g/mol. The Morgan fingerprint density at radius 2 is 2.00 bits per heavy atom. The van der Waals surface area contributed by atoms with Crippen molar-refractivity contribution in [3.8, 4) is 0 Å². The fourth-order valence-electron chi connectivity index (χ4n) is 2.03. The molecule has 0 spiro atoms. The molecule has 0 fully saturated rings. The molecule has 0 amide bonds. The molecule has 2 aromatic rings. The number of nitrogens with zero attached hydrogens (tertiary/aromatic N) is 2. The van der Waals surface area contributed by atoms with E-state index in [1.807, 2.05) is 19.3 Å². The number of pyridine rings is 1. The topological polar surface area (TPSA) is 28.2 Å². The van der Waals surface area contributed by atoms with E-state index in [-0.39, 0.29) is 0 Å². The van der Waals surface area contributed by atoms with E-state index in [9.17, 15) is 0 Å². The lowest BCUT2D eigenvalue weighted by Gasteiger charge is -2.21. The first-order valence-corrected chi connectivity index (χ1v) is 6.11. The van der Waals surface area contributed by atoms with Gasteiger partial charge >= 0.3 is 0 Å². The van der Waals surface area contributed by atoms with E-state index in [0.717, 1.165) is 17.9 Å². The van der Waals surface area contributed by atoms with Crippen molar-refractivity contribution in [3.05, 3.63) is 53.9 Å². The lowest BCUT2D eigenvalue weighted by atomic mass is 10.1. The van der Waals surface area contributed by atoms with Gasteiger partial charge in [0.2, 0.25) is 0 Å². The maximum Gasteiger partial charge on any atom is 0.0562 e. The number of para-hydroxylation sites is 1. The van der Waals surface area contributed by atoms with E-state index in [4.69, 9.17) is 0 Å². The Balaban J connectivity index is 2.31. The quantitative estimate of drug-likeness (QED) is 0.892. The lowest BCUT2D eigenvalue weighted by Crippen LogP contribution is -2.13. The van der Waals surface area contributed by atoms with Gasteiger partial charge in [0.05, 0.1) is 5.69 Å². The van der Waals surface area contributed by atoms with Crippen LogP contribution in [-0.2, 0) is 6.54 Å². The van der Waals surface area contributed by atoms with Crippen LogP contribution in [0.4, 0.5) is 11.4 Å². The molecule has 1 heterocycles. The SMILES string of the molecule is CNCc1cc(N(C)c2ccccc2C)ccn1. The van der Waals surface area contributed by atoms with Crippen LogP contribution in [0.2, 0.25) is 0 Å². The van der Waals surface area contributed by atoms with Crippen molar-refractivity contribution in [1.82, 2.24) is 10.3 Å². The number of aromatic nitrogens is 1. The molecule has 1 aromatic carbocycles. The number of rotatable bonds is 4. The van der Waals surface area contributed by atoms with Gasteiger partial charge in [-0.05, 0) is 37.7 Å². The fraction of sp³-hybridized carbons (Fsp3) is 0.267. The summed E-state index contributed by atoms with van der Waals surface area (Å²) in [7, 11) is 4.01. The fourth-order valence-corrected chi connectivity index (χ4v) is 2.03. The average Bonchev–Trinajstić information content (AvgIpc) is 2.39. The summed E-state index contributed by atoms with van der Waals surface area (Å²) in [4.78, 5) is 6.53. The molecule has 0 radical (unpaired) electrons. The largest absolute Gasteiger partial charge is 0.344 e. The standard InChI is InChI=1S/C15H19N3/c1-12-6-4-5-7-15(12)18(3)14-8-9-17-13(10-14)11-16-2/h4-10,16H,11H2,1-3H3. The first-order valence-electron chi connectivity index (χ1n) is 6.11. The van der Waals surface area contributed by atoms with Crippen LogP contribution in [-0.4, -0.2) is 19.1 Å². The number of anilines is 2. The zero-order valence-corrected chi connectivity index (χ0v) is 11.1. The second-order valence-electron chi connectivity index (χ2n) is 4.38. The predicted molar refractivity (Wildman–Crippen MR) is 76.2 cm³/mol. The van der Waals surface area contributed by atoms with Crippen molar-refractivity contribution in [2.24, 2.45) is 0 Å². The second-order valence-corrected chi connectivity index (χ2v) is 4.38. The smallest absolute Gasteiger partial charge is 0.0562 e. The first kappa shape index (κ1) is 12.6. The maximum absolute atomic E-state index is 4.34. The Kier molecular flexibility index (Phi) is 3.95. The normalized spacial score (nSPS) is 10.4. The van der Waals surface area contributed by atoms with Gasteiger partial charge in [0, 0.05) is 31.2 Å². The number of hydrogen-bond donors (Lipinski definition) is 1. The third-order valence-electron chi connectivity index (χ3n) is 3.02. The molecule has 2 rings (SSSR count). The molecule has 0 saturated carbocycles. The summed E-state index contributed by atoms with van der Waals surface area (Å²) >= 11 is 0. The molecule has 0 atom stereocenters. The number of hydrogen-bond acceptors (Lipinski definition) is 3. The highest BCUT2D eigenvalue weighted by Gasteiger charge is 2.07. The summed E-state index contributed by atoms with van der Waals surface area (Å²) in [6.45, 7) is 2.91. The molecule has 0 unspecified atom stereocenters. The van der Waals surface area contributed by atoms with Crippen LogP contribution in [0.5, 0.6) is 0 Å². The highest BCUT2D eigenvalue weighted by molar-refractivity contribution is 5.65. The third-order valence-corrected chi connectivity index (χ3v) is 3.02. The van der Waals surface area contributed by atoms with E-state index < -0.39 is 0 Å². The van der Waals surface area contributed by atoms with Crippen LogP contribution in [0.1, 0.15) is 11.3 Å². The van der Waals surface area contributed by atoms with Gasteiger partial charge in [-0.2, -0.15) is 0 Å². The molecule has 3 heteroatoms. The van der Waals surface area contributed by atoms with Gasteiger partial charge in [0.1, 0.15) is 0 Å². The van der Waals surface area contributed by atoms with Crippen LogP contribution >= 0.6 is 0 Å². The Hall–Kier alpha value is -1.87. The number of benzene rings is 1. The Bertz CT molecular complexity index is 523. The van der Waals surface area contributed by atoms with Gasteiger partial charge in [-0.25, -0.2) is 0 Å². The molecule has 0 aliphatic rings. The van der Waals surface area contributed by atoms with Gasteiger partial charge in [-0.3, -0.25) is 4.98 Å². The molecular formula is C15H19N3. The van der Waals surface area contributed by atoms with Crippen molar-refractivity contribution in [1.29, 1.82) is 0 Å². The molecule has 0 bridgehead atoms. The van der Waals surface area contributed by atoms with E-state index in [0.29, 0.717) is 0 Å². The summed E-state index contributed by atoms with van der Waals surface area (Å²) in [5, 5.41) is 3.12.